The van der Waals surface area contributed by atoms with Gasteiger partial charge in [0.25, 0.3) is 5.91 Å². The fourth-order valence-corrected chi connectivity index (χ4v) is 3.04. The van der Waals surface area contributed by atoms with E-state index >= 15 is 0 Å². The van der Waals surface area contributed by atoms with Crippen LogP contribution in [-0.4, -0.2) is 49.6 Å². The van der Waals surface area contributed by atoms with Gasteiger partial charge in [0.15, 0.2) is 0 Å². The monoisotopic (exact) mass is 283 g/mol. The number of likely N-dealkylation sites (tertiary alicyclic amines) is 1. The number of pyridine rings is 1. The molecule has 19 heavy (non-hydrogen) atoms. The highest BCUT2D eigenvalue weighted by Gasteiger charge is 2.25. The van der Waals surface area contributed by atoms with Gasteiger partial charge in [0.2, 0.25) is 10.0 Å². The minimum Gasteiger partial charge on any atom is -0.337 e. The highest BCUT2D eigenvalue weighted by molar-refractivity contribution is 7.88. The van der Waals surface area contributed by atoms with Crippen molar-refractivity contribution in [2.75, 3.05) is 19.3 Å². The van der Waals surface area contributed by atoms with Gasteiger partial charge in [-0.3, -0.25) is 9.78 Å². The largest absolute Gasteiger partial charge is 0.337 e. The van der Waals surface area contributed by atoms with Gasteiger partial charge in [0, 0.05) is 37.1 Å². The summed E-state index contributed by atoms with van der Waals surface area (Å²) in [6, 6.07) is 3.13. The van der Waals surface area contributed by atoms with E-state index in [0.717, 1.165) is 19.1 Å². The Morgan fingerprint density at radius 1 is 1.42 bits per heavy atom. The summed E-state index contributed by atoms with van der Waals surface area (Å²) < 4.78 is 25.0. The lowest BCUT2D eigenvalue weighted by Gasteiger charge is -2.32. The van der Waals surface area contributed by atoms with Crippen LogP contribution in [0.1, 0.15) is 23.2 Å². The van der Waals surface area contributed by atoms with Crippen molar-refractivity contribution in [2.45, 2.75) is 18.9 Å². The van der Waals surface area contributed by atoms with Crippen LogP contribution in [0.25, 0.3) is 0 Å². The molecule has 0 radical (unpaired) electrons. The van der Waals surface area contributed by atoms with E-state index in [2.05, 4.69) is 9.71 Å². The van der Waals surface area contributed by atoms with Gasteiger partial charge in [0.1, 0.15) is 0 Å². The summed E-state index contributed by atoms with van der Waals surface area (Å²) in [6.45, 7) is 1.07. The Bertz CT molecular complexity index is 545. The van der Waals surface area contributed by atoms with Crippen molar-refractivity contribution in [1.82, 2.24) is 14.6 Å². The summed E-state index contributed by atoms with van der Waals surface area (Å²) in [6.07, 6.45) is 5.83. The van der Waals surface area contributed by atoms with Gasteiger partial charge < -0.3 is 4.90 Å². The molecular formula is C12H17N3O3S. The zero-order valence-corrected chi connectivity index (χ0v) is 11.6. The quantitative estimate of drug-likeness (QED) is 0.861. The molecule has 1 fully saturated rings. The van der Waals surface area contributed by atoms with E-state index in [-0.39, 0.29) is 11.9 Å². The number of nitrogens with one attached hydrogen (secondary N) is 1. The van der Waals surface area contributed by atoms with Crippen LogP contribution in [-0.2, 0) is 10.0 Å². The molecule has 1 amide bonds. The van der Waals surface area contributed by atoms with Gasteiger partial charge in [0.05, 0.1) is 6.26 Å². The van der Waals surface area contributed by atoms with Crippen molar-refractivity contribution in [3.05, 3.63) is 30.1 Å². The Morgan fingerprint density at radius 2 is 2.11 bits per heavy atom. The first-order valence-electron chi connectivity index (χ1n) is 6.12. The maximum Gasteiger partial charge on any atom is 0.254 e. The van der Waals surface area contributed by atoms with Crippen LogP contribution in [0.5, 0.6) is 0 Å². The number of hydrogen-bond acceptors (Lipinski definition) is 4. The molecule has 1 aromatic heterocycles. The normalized spacial score (nSPS) is 20.3. The molecule has 0 saturated carbocycles. The average Bonchev–Trinajstić information content (AvgIpc) is 2.37. The molecule has 0 unspecified atom stereocenters. The van der Waals surface area contributed by atoms with Gasteiger partial charge in [-0.25, -0.2) is 13.1 Å². The van der Waals surface area contributed by atoms with E-state index in [9.17, 15) is 13.2 Å². The first-order valence-corrected chi connectivity index (χ1v) is 8.01. The van der Waals surface area contributed by atoms with Crippen LogP contribution in [0.2, 0.25) is 0 Å². The number of rotatable bonds is 3. The second-order valence-corrected chi connectivity index (χ2v) is 6.50. The van der Waals surface area contributed by atoms with Crippen LogP contribution < -0.4 is 4.72 Å². The predicted octanol–water partition coefficient (Wildman–Crippen LogP) is 0.235. The topological polar surface area (TPSA) is 79.4 Å². The van der Waals surface area contributed by atoms with Crippen LogP contribution in [0.4, 0.5) is 0 Å². The lowest BCUT2D eigenvalue weighted by Crippen LogP contribution is -2.49. The van der Waals surface area contributed by atoms with Crippen molar-refractivity contribution >= 4 is 15.9 Å². The molecule has 0 bridgehead atoms. The number of hydrogen-bond donors (Lipinski definition) is 1. The molecule has 6 nitrogen and oxygen atoms in total. The molecule has 1 aliphatic heterocycles. The first kappa shape index (κ1) is 14.0. The van der Waals surface area contributed by atoms with Crippen LogP contribution in [0.15, 0.2) is 24.5 Å². The number of carbonyl (C=O) groups excluding carboxylic acids is 1. The summed E-state index contributed by atoms with van der Waals surface area (Å²) in [5.74, 6) is -0.0811. The molecule has 1 atom stereocenters. The molecule has 1 N–H and O–H groups in total. The van der Waals surface area contributed by atoms with E-state index in [1.165, 1.54) is 0 Å². The van der Waals surface area contributed by atoms with Gasteiger partial charge in [-0.2, -0.15) is 0 Å². The van der Waals surface area contributed by atoms with Crippen LogP contribution in [0.3, 0.4) is 0 Å². The Hall–Kier alpha value is -1.47. The lowest BCUT2D eigenvalue weighted by molar-refractivity contribution is 0.0703. The molecule has 1 saturated heterocycles. The summed E-state index contributed by atoms with van der Waals surface area (Å²) in [5.41, 5.74) is 0.579. The van der Waals surface area contributed by atoms with Crippen molar-refractivity contribution in [2.24, 2.45) is 0 Å². The zero-order chi connectivity index (χ0) is 13.9. The van der Waals surface area contributed by atoms with Crippen molar-refractivity contribution in [3.8, 4) is 0 Å². The van der Waals surface area contributed by atoms with Crippen LogP contribution in [0, 0.1) is 0 Å². The predicted molar refractivity (Wildman–Crippen MR) is 71.1 cm³/mol. The molecule has 1 aromatic rings. The van der Waals surface area contributed by atoms with E-state index < -0.39 is 10.0 Å². The van der Waals surface area contributed by atoms with Gasteiger partial charge >= 0.3 is 0 Å². The van der Waals surface area contributed by atoms with Crippen molar-refractivity contribution in [1.29, 1.82) is 0 Å². The van der Waals surface area contributed by atoms with Gasteiger partial charge in [-0.15, -0.1) is 0 Å². The molecule has 0 aromatic carbocycles. The maximum atomic E-state index is 12.2. The van der Waals surface area contributed by atoms with Crippen molar-refractivity contribution in [3.63, 3.8) is 0 Å². The zero-order valence-electron chi connectivity index (χ0n) is 10.7. The maximum absolute atomic E-state index is 12.2. The number of aromatic nitrogens is 1. The Labute approximate surface area is 112 Å². The summed E-state index contributed by atoms with van der Waals surface area (Å²) in [4.78, 5) is 17.8. The van der Waals surface area contributed by atoms with E-state index in [1.54, 1.807) is 29.4 Å². The Morgan fingerprint density at radius 3 is 2.74 bits per heavy atom. The van der Waals surface area contributed by atoms with Gasteiger partial charge in [-0.1, -0.05) is 0 Å². The first-order chi connectivity index (χ1) is 8.96. The Kier molecular flexibility index (Phi) is 4.16. The molecule has 7 heteroatoms. The number of piperidine rings is 1. The molecule has 0 aliphatic carbocycles. The average molecular weight is 283 g/mol. The number of amides is 1. The fourth-order valence-electron chi connectivity index (χ4n) is 2.24. The number of sulfonamides is 1. The highest BCUT2D eigenvalue weighted by Crippen LogP contribution is 2.14. The molecular weight excluding hydrogens is 266 g/mol. The molecule has 0 spiro atoms. The molecule has 104 valence electrons. The smallest absolute Gasteiger partial charge is 0.254 e. The Balaban J connectivity index is 2.03. The number of carbonyl (C=O) groups is 1. The lowest BCUT2D eigenvalue weighted by atomic mass is 10.1. The van der Waals surface area contributed by atoms with Crippen molar-refractivity contribution < 1.29 is 13.2 Å². The summed E-state index contributed by atoms with van der Waals surface area (Å²) in [7, 11) is -3.24. The molecule has 2 heterocycles. The second-order valence-electron chi connectivity index (χ2n) is 4.72. The second kappa shape index (κ2) is 5.66. The highest BCUT2D eigenvalue weighted by atomic mass is 32.2. The summed E-state index contributed by atoms with van der Waals surface area (Å²) >= 11 is 0. The van der Waals surface area contributed by atoms with E-state index in [4.69, 9.17) is 0 Å². The number of nitrogens with zero attached hydrogens (tertiary/aromatic N) is 2. The standard InChI is InChI=1S/C12H17N3O3S/c1-19(17,18)14-11-3-2-8-15(9-11)12(16)10-4-6-13-7-5-10/h4-7,11,14H,2-3,8-9H2,1H3/t11-/m0/s1. The summed E-state index contributed by atoms with van der Waals surface area (Å²) in [5, 5.41) is 0. The third-order valence-electron chi connectivity index (χ3n) is 3.02. The van der Waals surface area contributed by atoms with E-state index in [1.807, 2.05) is 0 Å². The SMILES string of the molecule is CS(=O)(=O)N[C@H]1CCCN(C(=O)c2ccncc2)C1. The molecule has 2 rings (SSSR count). The van der Waals surface area contributed by atoms with E-state index in [0.29, 0.717) is 18.7 Å². The molecule has 1 aliphatic rings. The minimum atomic E-state index is -3.24. The minimum absolute atomic E-state index is 0.0811. The van der Waals surface area contributed by atoms with Crippen LogP contribution >= 0.6 is 0 Å². The third kappa shape index (κ3) is 4.00. The van der Waals surface area contributed by atoms with Gasteiger partial charge in [-0.05, 0) is 25.0 Å². The third-order valence-corrected chi connectivity index (χ3v) is 3.78. The fraction of sp³-hybridized carbons (Fsp3) is 0.500.